The zero-order valence-electron chi connectivity index (χ0n) is 12.5. The number of rotatable bonds is 3. The molecule has 1 heterocycles. The molecule has 0 amide bonds. The molecule has 0 saturated heterocycles. The minimum Gasteiger partial charge on any atom is -0.438 e. The van der Waals surface area contributed by atoms with Gasteiger partial charge >= 0.3 is 0 Å². The monoisotopic (exact) mass is 290 g/mol. The van der Waals surface area contributed by atoms with E-state index in [-0.39, 0.29) is 0 Å². The van der Waals surface area contributed by atoms with E-state index in [9.17, 15) is 0 Å². The molecule has 0 saturated carbocycles. The van der Waals surface area contributed by atoms with Crippen molar-refractivity contribution in [1.29, 1.82) is 0 Å². The molecule has 2 rings (SSSR count). The van der Waals surface area contributed by atoms with Gasteiger partial charge in [0.05, 0.1) is 0 Å². The smallest absolute Gasteiger partial charge is 0.227 e. The van der Waals surface area contributed by atoms with E-state index in [4.69, 9.17) is 16.3 Å². The lowest BCUT2D eigenvalue weighted by molar-refractivity contribution is 0.450. The number of benzene rings is 1. The maximum Gasteiger partial charge on any atom is 0.227 e. The predicted octanol–water partition coefficient (Wildman–Crippen LogP) is 4.72. The molecule has 0 unspecified atom stereocenters. The minimum atomic E-state index is 0.453. The van der Waals surface area contributed by atoms with E-state index >= 15 is 0 Å². The second-order valence-electron chi connectivity index (χ2n) is 5.02. The largest absolute Gasteiger partial charge is 0.438 e. The SMILES string of the molecule is CCc1nc(Cl)c(C)c(Oc2cc(C)cc(C)c2C)n1. The molecule has 4 heteroatoms. The molecule has 1 aromatic heterocycles. The van der Waals surface area contributed by atoms with Crippen molar-refractivity contribution in [3.63, 3.8) is 0 Å². The molecule has 0 spiro atoms. The van der Waals surface area contributed by atoms with E-state index in [0.29, 0.717) is 16.9 Å². The second kappa shape index (κ2) is 5.80. The summed E-state index contributed by atoms with van der Waals surface area (Å²) >= 11 is 6.14. The predicted molar refractivity (Wildman–Crippen MR) is 81.9 cm³/mol. The molecule has 1 aromatic carbocycles. The van der Waals surface area contributed by atoms with Gasteiger partial charge < -0.3 is 4.74 Å². The van der Waals surface area contributed by atoms with Crippen LogP contribution in [0.15, 0.2) is 12.1 Å². The summed E-state index contributed by atoms with van der Waals surface area (Å²) in [6, 6.07) is 4.16. The Balaban J connectivity index is 2.47. The number of aryl methyl sites for hydroxylation is 3. The summed E-state index contributed by atoms with van der Waals surface area (Å²) in [5, 5.41) is 0.453. The average molecular weight is 291 g/mol. The summed E-state index contributed by atoms with van der Waals surface area (Å²) in [6.07, 6.45) is 0.724. The van der Waals surface area contributed by atoms with Crippen molar-refractivity contribution < 1.29 is 4.74 Å². The van der Waals surface area contributed by atoms with E-state index in [0.717, 1.165) is 28.9 Å². The lowest BCUT2D eigenvalue weighted by Gasteiger charge is -2.14. The molecular weight excluding hydrogens is 272 g/mol. The highest BCUT2D eigenvalue weighted by molar-refractivity contribution is 6.30. The molecule has 0 fully saturated rings. The second-order valence-corrected chi connectivity index (χ2v) is 5.38. The summed E-state index contributed by atoms with van der Waals surface area (Å²) in [7, 11) is 0. The maximum atomic E-state index is 6.14. The fourth-order valence-electron chi connectivity index (χ4n) is 1.98. The van der Waals surface area contributed by atoms with Gasteiger partial charge in [0.15, 0.2) is 0 Å². The first kappa shape index (κ1) is 14.8. The molecule has 0 aliphatic heterocycles. The van der Waals surface area contributed by atoms with E-state index in [1.165, 1.54) is 5.56 Å². The Bertz CT molecular complexity index is 653. The van der Waals surface area contributed by atoms with Crippen molar-refractivity contribution in [2.24, 2.45) is 0 Å². The summed E-state index contributed by atoms with van der Waals surface area (Å²) in [5.41, 5.74) is 4.25. The highest BCUT2D eigenvalue weighted by atomic mass is 35.5. The van der Waals surface area contributed by atoms with Crippen molar-refractivity contribution in [2.45, 2.75) is 41.0 Å². The Labute approximate surface area is 125 Å². The van der Waals surface area contributed by atoms with Crippen molar-refractivity contribution in [3.05, 3.63) is 45.4 Å². The normalized spacial score (nSPS) is 10.7. The van der Waals surface area contributed by atoms with Crippen LogP contribution in [0.4, 0.5) is 0 Å². The van der Waals surface area contributed by atoms with Gasteiger partial charge in [-0.05, 0) is 50.5 Å². The average Bonchev–Trinajstić information content (AvgIpc) is 2.40. The quantitative estimate of drug-likeness (QED) is 0.767. The molecule has 20 heavy (non-hydrogen) atoms. The first-order valence-electron chi connectivity index (χ1n) is 6.71. The van der Waals surface area contributed by atoms with Crippen molar-refractivity contribution >= 4 is 11.6 Å². The van der Waals surface area contributed by atoms with Gasteiger partial charge in [-0.2, -0.15) is 4.98 Å². The van der Waals surface area contributed by atoms with Crippen LogP contribution in [0.3, 0.4) is 0 Å². The Kier molecular flexibility index (Phi) is 4.29. The molecule has 0 aliphatic rings. The topological polar surface area (TPSA) is 35.0 Å². The zero-order valence-corrected chi connectivity index (χ0v) is 13.3. The fraction of sp³-hybridized carbons (Fsp3) is 0.375. The first-order chi connectivity index (χ1) is 9.42. The third kappa shape index (κ3) is 2.93. The molecule has 0 atom stereocenters. The number of hydrogen-bond donors (Lipinski definition) is 0. The maximum absolute atomic E-state index is 6.14. The van der Waals surface area contributed by atoms with Gasteiger partial charge in [-0.1, -0.05) is 24.6 Å². The van der Waals surface area contributed by atoms with Gasteiger partial charge in [-0.15, -0.1) is 0 Å². The number of aromatic nitrogens is 2. The molecular formula is C16H19ClN2O. The highest BCUT2D eigenvalue weighted by Crippen LogP contribution is 2.31. The molecule has 0 bridgehead atoms. The molecule has 0 aliphatic carbocycles. The Morgan fingerprint density at radius 2 is 1.75 bits per heavy atom. The lowest BCUT2D eigenvalue weighted by atomic mass is 10.1. The van der Waals surface area contributed by atoms with Gasteiger partial charge in [-0.3, -0.25) is 0 Å². The third-order valence-electron chi connectivity index (χ3n) is 3.37. The Morgan fingerprint density at radius 3 is 2.40 bits per heavy atom. The van der Waals surface area contributed by atoms with Gasteiger partial charge in [0, 0.05) is 12.0 Å². The molecule has 106 valence electrons. The number of hydrogen-bond acceptors (Lipinski definition) is 3. The third-order valence-corrected chi connectivity index (χ3v) is 3.74. The van der Waals surface area contributed by atoms with Crippen molar-refractivity contribution in [3.8, 4) is 11.6 Å². The van der Waals surface area contributed by atoms with Crippen molar-refractivity contribution in [1.82, 2.24) is 9.97 Å². The van der Waals surface area contributed by atoms with E-state index in [1.807, 2.05) is 26.8 Å². The first-order valence-corrected chi connectivity index (χ1v) is 7.08. The van der Waals surface area contributed by atoms with Crippen LogP contribution >= 0.6 is 11.6 Å². The number of halogens is 1. The van der Waals surface area contributed by atoms with Crippen LogP contribution in [0, 0.1) is 27.7 Å². The van der Waals surface area contributed by atoms with Crippen LogP contribution in [0.2, 0.25) is 5.15 Å². The standard InChI is InChI=1S/C16H19ClN2O/c1-6-14-18-15(17)12(5)16(19-14)20-13-8-9(2)7-10(3)11(13)4/h7-8H,6H2,1-5H3. The van der Waals surface area contributed by atoms with Crippen LogP contribution in [0.5, 0.6) is 11.6 Å². The summed E-state index contributed by atoms with van der Waals surface area (Å²) in [6.45, 7) is 10.0. The Hall–Kier alpha value is -1.61. The fourth-order valence-corrected chi connectivity index (χ4v) is 2.16. The van der Waals surface area contributed by atoms with Gasteiger partial charge in [0.1, 0.15) is 16.7 Å². The van der Waals surface area contributed by atoms with Gasteiger partial charge in [-0.25, -0.2) is 4.98 Å². The van der Waals surface area contributed by atoms with E-state index < -0.39 is 0 Å². The highest BCUT2D eigenvalue weighted by Gasteiger charge is 2.13. The molecule has 0 radical (unpaired) electrons. The number of ether oxygens (including phenoxy) is 1. The minimum absolute atomic E-state index is 0.453. The van der Waals surface area contributed by atoms with Gasteiger partial charge in [0.2, 0.25) is 5.88 Å². The van der Waals surface area contributed by atoms with Crippen LogP contribution in [-0.4, -0.2) is 9.97 Å². The van der Waals surface area contributed by atoms with Crippen LogP contribution in [0.1, 0.15) is 35.0 Å². The van der Waals surface area contributed by atoms with Crippen molar-refractivity contribution in [2.75, 3.05) is 0 Å². The molecule has 0 N–H and O–H groups in total. The molecule has 2 aromatic rings. The van der Waals surface area contributed by atoms with Crippen LogP contribution < -0.4 is 4.74 Å². The van der Waals surface area contributed by atoms with E-state index in [2.05, 4.69) is 29.9 Å². The summed E-state index contributed by atoms with van der Waals surface area (Å²) < 4.78 is 5.99. The summed E-state index contributed by atoms with van der Waals surface area (Å²) in [4.78, 5) is 8.65. The summed E-state index contributed by atoms with van der Waals surface area (Å²) in [5.74, 6) is 2.05. The molecule has 3 nitrogen and oxygen atoms in total. The lowest BCUT2D eigenvalue weighted by Crippen LogP contribution is -2.01. The Morgan fingerprint density at radius 1 is 1.05 bits per heavy atom. The zero-order chi connectivity index (χ0) is 14.9. The van der Waals surface area contributed by atoms with Crippen LogP contribution in [0.25, 0.3) is 0 Å². The van der Waals surface area contributed by atoms with Gasteiger partial charge in [0.25, 0.3) is 0 Å². The van der Waals surface area contributed by atoms with E-state index in [1.54, 1.807) is 0 Å². The number of nitrogens with zero attached hydrogens (tertiary/aromatic N) is 2. The van der Waals surface area contributed by atoms with Crippen LogP contribution in [-0.2, 0) is 6.42 Å².